The summed E-state index contributed by atoms with van der Waals surface area (Å²) in [7, 11) is 15.1. The van der Waals surface area contributed by atoms with Crippen LogP contribution in [0.25, 0.3) is 0 Å². The van der Waals surface area contributed by atoms with Gasteiger partial charge in [-0.2, -0.15) is 0 Å². The van der Waals surface area contributed by atoms with Gasteiger partial charge in [0.15, 0.2) is 0 Å². The van der Waals surface area contributed by atoms with Crippen LogP contribution in [-0.2, 0) is 0 Å². The summed E-state index contributed by atoms with van der Waals surface area (Å²) in [4.78, 5) is 0. The van der Waals surface area contributed by atoms with Crippen LogP contribution in [0.3, 0.4) is 0 Å². The second kappa shape index (κ2) is 3.17. The van der Waals surface area contributed by atoms with Crippen molar-refractivity contribution in [3.63, 3.8) is 0 Å². The zero-order valence-corrected chi connectivity index (χ0v) is 4.53. The average molecular weight is 99.3 g/mol. The molecule has 0 aliphatic rings. The Balaban J connectivity index is 3.81. The predicted octanol–water partition coefficient (Wildman–Crippen LogP) is -0.998. The number of rotatable bonds is 1. The first-order valence-electron chi connectivity index (χ1n) is 1.70. The van der Waals surface area contributed by atoms with E-state index in [1.165, 1.54) is 0 Å². The van der Waals surface area contributed by atoms with Crippen molar-refractivity contribution in [1.82, 2.24) is 0 Å². The monoisotopic (exact) mass is 100 g/mol. The molecule has 0 heterocycles. The van der Waals surface area contributed by atoms with Crippen LogP contribution in [0.1, 0.15) is 0 Å². The first-order valence-corrected chi connectivity index (χ1v) is 2.11. The van der Waals surface area contributed by atoms with Gasteiger partial charge >= 0.3 is 0 Å². The standard InChI is InChI=1S/C2B4S/c3-2(1-7)6(4)5. The molecule has 0 aliphatic heterocycles. The lowest BCUT2D eigenvalue weighted by molar-refractivity contribution is 2.59. The van der Waals surface area contributed by atoms with Crippen molar-refractivity contribution in [2.24, 2.45) is 0 Å². The Morgan fingerprint density at radius 1 is 1.57 bits per heavy atom. The maximum absolute atomic E-state index is 5.07. The van der Waals surface area contributed by atoms with Gasteiger partial charge in [-0.3, -0.25) is 0 Å². The molecule has 0 aromatic carbocycles. The highest BCUT2D eigenvalue weighted by Crippen LogP contribution is 1.77. The Morgan fingerprint density at radius 3 is 2.00 bits per heavy atom. The van der Waals surface area contributed by atoms with Crippen LogP contribution < -0.4 is 0 Å². The maximum atomic E-state index is 5.07. The second-order valence-electron chi connectivity index (χ2n) is 1.08. The number of hydrogen-bond donors (Lipinski definition) is 0. The van der Waals surface area contributed by atoms with E-state index in [0.717, 1.165) is 0 Å². The zero-order valence-electron chi connectivity index (χ0n) is 3.72. The van der Waals surface area contributed by atoms with E-state index < -0.39 is 6.49 Å². The van der Waals surface area contributed by atoms with Gasteiger partial charge in [0.1, 0.15) is 7.85 Å². The molecule has 0 nitrogen and oxygen atoms in total. The van der Waals surface area contributed by atoms with E-state index in [1.807, 2.05) is 0 Å². The molecule has 0 rings (SSSR count). The van der Waals surface area contributed by atoms with Gasteiger partial charge in [0.25, 0.3) is 0 Å². The minimum absolute atomic E-state index is 0.218. The van der Waals surface area contributed by atoms with Crippen LogP contribution in [0, 0.1) is 0 Å². The molecular formula is C2B4S. The van der Waals surface area contributed by atoms with Crippen molar-refractivity contribution in [3.05, 3.63) is 5.37 Å². The molecule has 7 heavy (non-hydrogen) atoms. The molecule has 0 atom stereocenters. The van der Waals surface area contributed by atoms with Crippen molar-refractivity contribution in [2.75, 3.05) is 0 Å². The fourth-order valence-corrected chi connectivity index (χ4v) is 0.204. The van der Waals surface area contributed by atoms with Gasteiger partial charge in [-0.1, -0.05) is 5.02 Å². The van der Waals surface area contributed by atoms with Gasteiger partial charge in [0.05, 0.1) is 6.49 Å². The molecule has 0 aromatic rings. The first-order chi connectivity index (χ1) is 3.18. The van der Waals surface area contributed by atoms with Crippen LogP contribution in [-0.4, -0.2) is 34.8 Å². The van der Waals surface area contributed by atoms with E-state index >= 15 is 0 Å². The van der Waals surface area contributed by atoms with E-state index in [4.69, 9.17) is 23.3 Å². The molecule has 0 bridgehead atoms. The molecule has 26 valence electrons. The second-order valence-corrected chi connectivity index (χ2v) is 1.29. The Bertz CT molecular complexity index is 102. The molecule has 0 spiro atoms. The summed E-state index contributed by atoms with van der Waals surface area (Å²) < 4.78 is 0. The van der Waals surface area contributed by atoms with Crippen molar-refractivity contribution in [3.8, 4) is 0 Å². The lowest BCUT2D eigenvalue weighted by Crippen LogP contribution is -2.17. The molecule has 0 amide bonds. The number of hydrogen-bond acceptors (Lipinski definition) is 1. The van der Waals surface area contributed by atoms with Gasteiger partial charge in [-0.25, -0.2) is 0 Å². The summed E-state index contributed by atoms with van der Waals surface area (Å²) in [6, 6.07) is 0. The van der Waals surface area contributed by atoms with Gasteiger partial charge in [0, 0.05) is 15.5 Å². The van der Waals surface area contributed by atoms with E-state index in [0.29, 0.717) is 0 Å². The van der Waals surface area contributed by atoms with Crippen LogP contribution in [0.15, 0.2) is 5.37 Å². The molecule has 0 N–H and O–H groups in total. The Hall–Kier alpha value is 0.130. The summed E-state index contributed by atoms with van der Waals surface area (Å²) >= 11 is 4.28. The Kier molecular flexibility index (Phi) is 3.23. The van der Waals surface area contributed by atoms with Gasteiger partial charge in [0.2, 0.25) is 0 Å². The molecule has 0 saturated heterocycles. The topological polar surface area (TPSA) is 0 Å². The van der Waals surface area contributed by atoms with E-state index in [1.54, 1.807) is 0 Å². The molecular weight excluding hydrogens is 99.3 g/mol. The fraction of sp³-hybridized carbons (Fsp3) is 0. The van der Waals surface area contributed by atoms with Gasteiger partial charge in [-0.15, -0.1) is 5.37 Å². The lowest BCUT2D eigenvalue weighted by Gasteiger charge is -1.93. The first kappa shape index (κ1) is 7.13. The molecule has 0 aromatic heterocycles. The smallest absolute Gasteiger partial charge is 0.105 e. The van der Waals surface area contributed by atoms with Gasteiger partial charge < -0.3 is 0 Å². The van der Waals surface area contributed by atoms with Crippen LogP contribution >= 0.6 is 12.2 Å². The quantitative estimate of drug-likeness (QED) is 0.300. The Labute approximate surface area is 53.0 Å². The van der Waals surface area contributed by atoms with Gasteiger partial charge in [-0.05, 0) is 12.2 Å². The summed E-state index contributed by atoms with van der Waals surface area (Å²) in [5.41, 5.74) is 0. The third-order valence-electron chi connectivity index (χ3n) is 0.477. The summed E-state index contributed by atoms with van der Waals surface area (Å²) in [5.74, 6) is 0. The van der Waals surface area contributed by atoms with E-state index in [-0.39, 0.29) is 5.37 Å². The predicted molar refractivity (Wildman–Crippen MR) is 39.1 cm³/mol. The molecule has 0 saturated carbocycles. The van der Waals surface area contributed by atoms with Crippen LogP contribution in [0.5, 0.6) is 0 Å². The van der Waals surface area contributed by atoms with Crippen molar-refractivity contribution >= 4 is 47.1 Å². The lowest BCUT2D eigenvalue weighted by atomic mass is 9.14. The molecule has 5 heteroatoms. The SMILES string of the molecule is [B]B([B])C([B])=C=S. The molecule has 0 unspecified atom stereocenters. The highest BCUT2D eigenvalue weighted by atomic mass is 32.1. The van der Waals surface area contributed by atoms with Crippen LogP contribution in [0.4, 0.5) is 0 Å². The van der Waals surface area contributed by atoms with Crippen LogP contribution in [0.2, 0.25) is 0 Å². The minimum atomic E-state index is -0.655. The summed E-state index contributed by atoms with van der Waals surface area (Å²) in [6.07, 6.45) is 0. The third kappa shape index (κ3) is 2.78. The molecule has 6 radical (unpaired) electrons. The Morgan fingerprint density at radius 2 is 2.00 bits per heavy atom. The van der Waals surface area contributed by atoms with Crippen molar-refractivity contribution in [2.45, 2.75) is 0 Å². The minimum Gasteiger partial charge on any atom is -0.113 e. The summed E-state index contributed by atoms with van der Waals surface area (Å²) in [6.45, 7) is -0.655. The zero-order chi connectivity index (χ0) is 5.86. The summed E-state index contributed by atoms with van der Waals surface area (Å²) in [5, 5.41) is 2.41. The highest BCUT2D eigenvalue weighted by Gasteiger charge is 1.94. The average Bonchev–Trinajstić information content (AvgIpc) is 1.65. The number of thiocarbonyl (C=S) groups is 1. The van der Waals surface area contributed by atoms with Crippen molar-refractivity contribution < 1.29 is 0 Å². The maximum Gasteiger partial charge on any atom is 0.105 e. The fourth-order valence-electron chi connectivity index (χ4n) is 0.0680. The largest absolute Gasteiger partial charge is 0.113 e. The third-order valence-corrected chi connectivity index (χ3v) is 0.713. The van der Waals surface area contributed by atoms with E-state index in [9.17, 15) is 0 Å². The van der Waals surface area contributed by atoms with E-state index in [2.05, 4.69) is 17.2 Å². The van der Waals surface area contributed by atoms with Crippen molar-refractivity contribution in [1.29, 1.82) is 0 Å². The highest BCUT2D eigenvalue weighted by molar-refractivity contribution is 7.78. The molecule has 0 fully saturated rings. The normalized spacial score (nSPS) is 6.86. The molecule has 0 aliphatic carbocycles.